The first-order chi connectivity index (χ1) is 40.9. The van der Waals surface area contributed by atoms with Crippen molar-refractivity contribution in [3.05, 3.63) is 136 Å². The largest absolute Gasteiger partial charge is 0.491 e. The molecule has 6 atom stereocenters. The lowest BCUT2D eigenvalue weighted by molar-refractivity contribution is -0.144. The van der Waals surface area contributed by atoms with Crippen molar-refractivity contribution in [2.24, 2.45) is 11.1 Å². The number of β-amino-alcohol motifs (C(OH)–C–C–N with tert-alkyl or cyclic N) is 1. The second kappa shape index (κ2) is 26.7. The van der Waals surface area contributed by atoms with E-state index in [0.29, 0.717) is 48.0 Å². The molecular weight excluding hydrogens is 1140 g/mol. The van der Waals surface area contributed by atoms with Crippen LogP contribution in [0.5, 0.6) is 5.75 Å². The van der Waals surface area contributed by atoms with Gasteiger partial charge < -0.3 is 56.5 Å². The quantitative estimate of drug-likeness (QED) is 0.0261. The van der Waals surface area contributed by atoms with Crippen LogP contribution in [0, 0.1) is 12.3 Å². The molecular formula is C62H72N9O13PS. The van der Waals surface area contributed by atoms with Gasteiger partial charge in [0.05, 0.1) is 33.9 Å². The Labute approximate surface area is 501 Å². The predicted molar refractivity (Wildman–Crippen MR) is 322 cm³/mol. The molecule has 0 spiro atoms. The molecule has 24 heteroatoms. The van der Waals surface area contributed by atoms with E-state index in [4.69, 9.17) is 10.5 Å². The minimum absolute atomic E-state index is 0.0330. The first-order valence-corrected chi connectivity index (χ1v) is 31.2. The third-order valence-electron chi connectivity index (χ3n) is 15.9. The Morgan fingerprint density at radius 2 is 1.64 bits per heavy atom. The lowest BCUT2D eigenvalue weighted by Gasteiger charge is -2.35. The fourth-order valence-electron chi connectivity index (χ4n) is 11.4. The molecule has 0 radical (unpaired) electrons. The normalized spacial score (nSPS) is 18.2. The van der Waals surface area contributed by atoms with Crippen LogP contribution in [-0.4, -0.2) is 126 Å². The Bertz CT molecular complexity index is 3610. The van der Waals surface area contributed by atoms with Crippen molar-refractivity contribution >= 4 is 82.4 Å². The van der Waals surface area contributed by atoms with E-state index in [2.05, 4.69) is 31.2 Å². The van der Waals surface area contributed by atoms with Gasteiger partial charge in [0, 0.05) is 55.2 Å². The number of carbonyl (C=O) groups is 8. The number of nitrogens with two attached hydrogens (primary N) is 1. The molecule has 10 N–H and O–H groups in total. The molecule has 9 rings (SSSR count). The number of primary amides is 1. The van der Waals surface area contributed by atoms with Gasteiger partial charge in [-0.15, -0.1) is 11.3 Å². The number of amides is 7. The van der Waals surface area contributed by atoms with E-state index in [1.54, 1.807) is 22.9 Å². The van der Waals surface area contributed by atoms with Crippen molar-refractivity contribution in [1.29, 1.82) is 0 Å². The van der Waals surface area contributed by atoms with Gasteiger partial charge in [0.15, 0.2) is 0 Å². The van der Waals surface area contributed by atoms with Crippen molar-refractivity contribution in [3.8, 4) is 16.2 Å². The molecule has 454 valence electrons. The zero-order valence-electron chi connectivity index (χ0n) is 48.3. The van der Waals surface area contributed by atoms with Gasteiger partial charge in [0.1, 0.15) is 42.2 Å². The molecule has 1 saturated heterocycles. The molecule has 7 amide bonds. The van der Waals surface area contributed by atoms with Gasteiger partial charge in [-0.3, -0.25) is 47.8 Å². The highest BCUT2D eigenvalue weighted by molar-refractivity contribution is 7.70. The number of hydrogen-bond donors (Lipinski definition) is 9. The molecule has 0 saturated carbocycles. The van der Waals surface area contributed by atoms with E-state index in [1.807, 2.05) is 88.4 Å². The summed E-state index contributed by atoms with van der Waals surface area (Å²) in [4.78, 5) is 138. The monoisotopic (exact) mass is 1210 g/mol. The summed E-state index contributed by atoms with van der Waals surface area (Å²) in [6, 6.07) is 21.5. The average molecular weight is 1210 g/mol. The number of aliphatic hydroxyl groups excluding tert-OH is 1. The van der Waals surface area contributed by atoms with E-state index < -0.39 is 84.4 Å². The number of aliphatic hydroxyl groups is 1. The molecule has 3 aliphatic rings. The number of aromatic nitrogens is 2. The zero-order chi connectivity index (χ0) is 61.6. The maximum Gasteiger partial charge on any atom is 0.396 e. The number of nitrogens with zero attached hydrogens (tertiary/aromatic N) is 3. The molecule has 86 heavy (non-hydrogen) atoms. The Kier molecular flexibility index (Phi) is 19.4. The first kappa shape index (κ1) is 62.5. The summed E-state index contributed by atoms with van der Waals surface area (Å²) in [5, 5.41) is 22.7. The number of H-pyrrole nitrogens is 1. The minimum atomic E-state index is -5.06. The number of benzene rings is 4. The number of carbonyl (C=O) groups excluding carboxylic acids is 8. The molecule has 3 aliphatic heterocycles. The minimum Gasteiger partial charge on any atom is -0.491 e. The van der Waals surface area contributed by atoms with Gasteiger partial charge in [-0.1, -0.05) is 81.8 Å². The average Bonchev–Trinajstić information content (AvgIpc) is 1.69. The Balaban J connectivity index is 0.755. The van der Waals surface area contributed by atoms with Crippen molar-refractivity contribution in [3.63, 3.8) is 0 Å². The Morgan fingerprint density at radius 1 is 0.884 bits per heavy atom. The Hall–Kier alpha value is -8.08. The number of nitrogens with one attached hydrogen (secondary N) is 5. The molecule has 5 heterocycles. The van der Waals surface area contributed by atoms with E-state index in [9.17, 15) is 57.8 Å². The number of aromatic amines is 1. The van der Waals surface area contributed by atoms with E-state index in [-0.39, 0.29) is 81.3 Å². The highest BCUT2D eigenvalue weighted by Gasteiger charge is 2.46. The van der Waals surface area contributed by atoms with Crippen LogP contribution >= 0.6 is 18.9 Å². The molecule has 0 bridgehead atoms. The van der Waals surface area contributed by atoms with Crippen LogP contribution in [0.2, 0.25) is 0 Å². The van der Waals surface area contributed by atoms with E-state index in [1.165, 1.54) is 34.1 Å². The first-order valence-electron chi connectivity index (χ1n) is 28.7. The fraction of sp³-hybridized carbons (Fsp3) is 0.403. The van der Waals surface area contributed by atoms with E-state index in [0.717, 1.165) is 44.8 Å². The van der Waals surface area contributed by atoms with Crippen LogP contribution in [0.3, 0.4) is 0 Å². The van der Waals surface area contributed by atoms with Gasteiger partial charge >= 0.3 is 7.60 Å². The number of fused-ring (bicyclic) bond motifs is 1. The van der Waals surface area contributed by atoms with Gasteiger partial charge in [-0.05, 0) is 115 Å². The smallest absolute Gasteiger partial charge is 0.396 e. The maximum absolute atomic E-state index is 14.5. The maximum atomic E-state index is 14.5. The van der Waals surface area contributed by atoms with Crippen LogP contribution < -0.4 is 36.6 Å². The second-order valence-electron chi connectivity index (χ2n) is 23.4. The van der Waals surface area contributed by atoms with Gasteiger partial charge in [-0.2, -0.15) is 0 Å². The topological polar surface area (TPSA) is 333 Å². The summed E-state index contributed by atoms with van der Waals surface area (Å²) in [7, 11) is -5.06. The van der Waals surface area contributed by atoms with Gasteiger partial charge in [0.25, 0.3) is 11.4 Å². The third-order valence-corrected chi connectivity index (χ3v) is 17.7. The highest BCUT2D eigenvalue weighted by atomic mass is 32.1. The summed E-state index contributed by atoms with van der Waals surface area (Å²) in [5.41, 5.74) is 11.5. The molecule has 0 aliphatic carbocycles. The fourth-order valence-corrected chi connectivity index (χ4v) is 12.7. The second-order valence-corrected chi connectivity index (χ2v) is 25.8. The number of aryl methyl sites for hydroxylation is 3. The predicted octanol–water partition coefficient (Wildman–Crippen LogP) is 5.66. The molecule has 0 unspecified atom stereocenters. The standard InChI is InChI=1S/C62H72N9O13PS/c1-35-54(86-34-65-35)39-18-16-37(17-19-39)31-64-57(76)49-30-44(72)32-70(49)60(79)55(62(2,3)4)69-52(74)15-7-5-6-10-36-11-8-14-45(26-36)84-33-43(22-25-51(63)73)66-58(77)50-29-40-13-9-12-38-20-24-47(59(78)71(50)53(38)40)68-56(75)48-28-42-27-41(21-23-46(42)67-48)61(80)85(81,82)83/h8-9,11-14,16-19,21,23,26-28,34,43-44,47,49-50,55,67,72H,5-7,10,15,20,22,24-25,29-33H2,1-4H3,(H2,63,73)(H,64,76)(H,66,77)(H,68,75)(H,69,74)(H2,81,82,83)/t43-,44+,47-,49-,50-,55+/m0/s1. The SMILES string of the molecule is Cc1ncsc1-c1ccc(CNC(=O)[C@@H]2C[C@@H](O)CN2C(=O)[C@@H](NC(=O)CCCCCc2cccc(OC[C@H](CCC(N)=O)NC(=O)[C@@H]3Cc4cccc5c4N3C(=O)[C@@H](NC(=O)c3cc4cc(C(=O)P(=O)(O)O)ccc4[nH]3)CC5)c2)C(C)(C)C)cc1. The van der Waals surface area contributed by atoms with Crippen molar-refractivity contribution in [2.75, 3.05) is 18.1 Å². The van der Waals surface area contributed by atoms with Gasteiger partial charge in [-0.25, -0.2) is 4.98 Å². The highest BCUT2D eigenvalue weighted by Crippen LogP contribution is 2.41. The Morgan fingerprint density at radius 3 is 2.36 bits per heavy atom. The number of anilines is 1. The molecule has 4 aromatic carbocycles. The van der Waals surface area contributed by atoms with Crippen molar-refractivity contribution in [1.82, 2.24) is 36.1 Å². The zero-order valence-corrected chi connectivity index (χ0v) is 50.0. The number of likely N-dealkylation sites (tertiary alicyclic amines) is 1. The number of ether oxygens (including phenoxy) is 1. The molecule has 1 fully saturated rings. The van der Waals surface area contributed by atoms with E-state index >= 15 is 0 Å². The number of rotatable bonds is 24. The number of unbranched alkanes of at least 4 members (excludes halogenated alkanes) is 2. The summed E-state index contributed by atoms with van der Waals surface area (Å²) in [5.74, 6) is -2.84. The number of hydrogen-bond acceptors (Lipinski definition) is 13. The van der Waals surface area contributed by atoms with Crippen LogP contribution in [0.25, 0.3) is 21.3 Å². The summed E-state index contributed by atoms with van der Waals surface area (Å²) in [6.45, 7) is 7.65. The summed E-state index contributed by atoms with van der Waals surface area (Å²) >= 11 is 1.56. The van der Waals surface area contributed by atoms with Crippen LogP contribution in [0.1, 0.15) is 121 Å². The summed E-state index contributed by atoms with van der Waals surface area (Å²) in [6.07, 6.45) is 2.86. The van der Waals surface area contributed by atoms with Crippen molar-refractivity contribution < 1.29 is 62.6 Å². The number of thiazole rings is 1. The van der Waals surface area contributed by atoms with Crippen LogP contribution in [0.15, 0.2) is 96.5 Å². The third kappa shape index (κ3) is 14.9. The molecule has 6 aromatic rings. The van der Waals surface area contributed by atoms with Crippen molar-refractivity contribution in [2.45, 2.75) is 141 Å². The summed E-state index contributed by atoms with van der Waals surface area (Å²) < 4.78 is 17.8. The lowest BCUT2D eigenvalue weighted by atomic mass is 9.85. The van der Waals surface area contributed by atoms with Crippen LogP contribution in [0.4, 0.5) is 5.69 Å². The van der Waals surface area contributed by atoms with Gasteiger partial charge in [0.2, 0.25) is 35.4 Å². The molecule has 22 nitrogen and oxygen atoms in total. The molecule has 2 aromatic heterocycles. The lowest BCUT2D eigenvalue weighted by Crippen LogP contribution is -2.57. The van der Waals surface area contributed by atoms with Crippen LogP contribution in [-0.2, 0) is 59.1 Å². The number of para-hydroxylation sites is 1.